The van der Waals surface area contributed by atoms with Crippen molar-refractivity contribution in [2.75, 3.05) is 18.4 Å². The molecule has 8 heteroatoms. The van der Waals surface area contributed by atoms with E-state index in [1.165, 1.54) is 17.8 Å². The van der Waals surface area contributed by atoms with Crippen molar-refractivity contribution in [1.82, 2.24) is 19.9 Å². The van der Waals surface area contributed by atoms with Gasteiger partial charge >= 0.3 is 0 Å². The zero-order valence-electron chi connectivity index (χ0n) is 16.0. The van der Waals surface area contributed by atoms with Gasteiger partial charge in [0.05, 0.1) is 6.54 Å². The summed E-state index contributed by atoms with van der Waals surface area (Å²) in [4.78, 5) is 28.3. The van der Waals surface area contributed by atoms with Crippen molar-refractivity contribution in [3.05, 3.63) is 35.5 Å². The highest BCUT2D eigenvalue weighted by Crippen LogP contribution is 2.27. The lowest BCUT2D eigenvalue weighted by Crippen LogP contribution is -2.42. The first kappa shape index (κ1) is 18.8. The van der Waals surface area contributed by atoms with Crippen LogP contribution in [0.25, 0.3) is 22.3 Å². The number of likely N-dealkylation sites (tertiary alicyclic amines) is 1. The van der Waals surface area contributed by atoms with Crippen LogP contribution in [0.15, 0.2) is 34.2 Å². The summed E-state index contributed by atoms with van der Waals surface area (Å²) in [6.45, 7) is 5.37. The number of aryl methyl sites for hydroxylation is 1. The SMILES string of the molecule is Cc1ccc(-c2nc(NC(=O)CN3CCCCC3C)cc(-c3nccs3)n2)o1. The van der Waals surface area contributed by atoms with Crippen LogP contribution in [0.4, 0.5) is 5.82 Å². The molecule has 1 atom stereocenters. The second-order valence-electron chi connectivity index (χ2n) is 7.07. The molecular formula is C20H23N5O2S. The van der Waals surface area contributed by atoms with Crippen molar-refractivity contribution >= 4 is 23.1 Å². The van der Waals surface area contributed by atoms with Gasteiger partial charge in [0.25, 0.3) is 0 Å². The number of aromatic nitrogens is 3. The Morgan fingerprint density at radius 1 is 1.36 bits per heavy atom. The molecule has 1 saturated heterocycles. The third-order valence-corrected chi connectivity index (χ3v) is 5.69. The largest absolute Gasteiger partial charge is 0.458 e. The number of furan rings is 1. The quantitative estimate of drug-likeness (QED) is 0.701. The number of carbonyl (C=O) groups excluding carboxylic acids is 1. The van der Waals surface area contributed by atoms with Crippen LogP contribution in [0.5, 0.6) is 0 Å². The first-order valence-corrected chi connectivity index (χ1v) is 10.4. The van der Waals surface area contributed by atoms with Gasteiger partial charge in [0.15, 0.2) is 11.6 Å². The van der Waals surface area contributed by atoms with Gasteiger partial charge in [-0.3, -0.25) is 9.69 Å². The summed E-state index contributed by atoms with van der Waals surface area (Å²) in [5.74, 6) is 2.17. The van der Waals surface area contributed by atoms with E-state index in [4.69, 9.17) is 4.42 Å². The van der Waals surface area contributed by atoms with Crippen LogP contribution in [-0.4, -0.2) is 44.9 Å². The van der Waals surface area contributed by atoms with E-state index in [2.05, 4.69) is 32.1 Å². The minimum absolute atomic E-state index is 0.0703. The third kappa shape index (κ3) is 4.28. The maximum absolute atomic E-state index is 12.6. The molecule has 0 radical (unpaired) electrons. The molecule has 3 aromatic rings. The molecule has 1 unspecified atom stereocenters. The molecule has 4 heterocycles. The Balaban J connectivity index is 1.58. The fraction of sp³-hybridized carbons (Fsp3) is 0.400. The van der Waals surface area contributed by atoms with Crippen molar-refractivity contribution in [1.29, 1.82) is 0 Å². The van der Waals surface area contributed by atoms with Gasteiger partial charge in [-0.05, 0) is 45.4 Å². The molecule has 1 amide bonds. The Morgan fingerprint density at radius 3 is 2.96 bits per heavy atom. The Bertz CT molecular complexity index is 953. The fourth-order valence-corrected chi connectivity index (χ4v) is 3.99. The molecule has 7 nitrogen and oxygen atoms in total. The summed E-state index contributed by atoms with van der Waals surface area (Å²) < 4.78 is 5.67. The summed E-state index contributed by atoms with van der Waals surface area (Å²) in [5, 5.41) is 5.60. The van der Waals surface area contributed by atoms with Gasteiger partial charge in [-0.1, -0.05) is 6.42 Å². The molecule has 1 aliphatic rings. The second-order valence-corrected chi connectivity index (χ2v) is 7.97. The van der Waals surface area contributed by atoms with E-state index in [-0.39, 0.29) is 5.91 Å². The van der Waals surface area contributed by atoms with E-state index in [1.54, 1.807) is 12.3 Å². The molecular weight excluding hydrogens is 374 g/mol. The molecule has 28 heavy (non-hydrogen) atoms. The summed E-state index contributed by atoms with van der Waals surface area (Å²) in [5.41, 5.74) is 0.663. The van der Waals surface area contributed by atoms with Crippen molar-refractivity contribution < 1.29 is 9.21 Å². The maximum Gasteiger partial charge on any atom is 0.239 e. The third-order valence-electron chi connectivity index (χ3n) is 4.89. The van der Waals surface area contributed by atoms with Gasteiger partial charge in [-0.15, -0.1) is 11.3 Å². The first-order valence-electron chi connectivity index (χ1n) is 9.48. The van der Waals surface area contributed by atoms with Crippen LogP contribution in [0.1, 0.15) is 31.9 Å². The molecule has 1 aliphatic heterocycles. The molecule has 0 bridgehead atoms. The molecule has 1 fully saturated rings. The fourth-order valence-electron chi connectivity index (χ4n) is 3.39. The summed E-state index contributed by atoms with van der Waals surface area (Å²) in [7, 11) is 0. The van der Waals surface area contributed by atoms with Crippen LogP contribution in [-0.2, 0) is 4.79 Å². The second kappa shape index (κ2) is 8.20. The lowest BCUT2D eigenvalue weighted by Gasteiger charge is -2.32. The molecule has 0 saturated carbocycles. The van der Waals surface area contributed by atoms with Gasteiger partial charge in [-0.2, -0.15) is 0 Å². The van der Waals surface area contributed by atoms with Crippen LogP contribution in [0.2, 0.25) is 0 Å². The van der Waals surface area contributed by atoms with Crippen molar-refractivity contribution in [2.45, 2.75) is 39.2 Å². The molecule has 0 aliphatic carbocycles. The highest BCUT2D eigenvalue weighted by Gasteiger charge is 2.21. The van der Waals surface area contributed by atoms with Gasteiger partial charge < -0.3 is 9.73 Å². The number of rotatable bonds is 5. The maximum atomic E-state index is 12.6. The number of thiazole rings is 1. The van der Waals surface area contributed by atoms with Crippen molar-refractivity contribution in [3.63, 3.8) is 0 Å². The number of carbonyl (C=O) groups is 1. The molecule has 0 aromatic carbocycles. The molecule has 0 spiro atoms. The van der Waals surface area contributed by atoms with Gasteiger partial charge in [0, 0.05) is 23.7 Å². The van der Waals surface area contributed by atoms with E-state index in [0.717, 1.165) is 30.2 Å². The average molecular weight is 398 g/mol. The number of anilines is 1. The Labute approximate surface area is 167 Å². The summed E-state index contributed by atoms with van der Waals surface area (Å²) in [6.07, 6.45) is 5.24. The van der Waals surface area contributed by atoms with Gasteiger partial charge in [0.1, 0.15) is 22.3 Å². The minimum atomic E-state index is -0.0703. The standard InChI is InChI=1S/C20H23N5O2S/c1-13-5-3-4-9-25(13)12-18(26)23-17-11-15(20-21-8-10-28-20)22-19(24-17)16-7-6-14(2)27-16/h6-8,10-11,13H,3-5,9,12H2,1-2H3,(H,22,23,24,26). The zero-order chi connectivity index (χ0) is 19.5. The monoisotopic (exact) mass is 397 g/mol. The van der Waals surface area contributed by atoms with E-state index >= 15 is 0 Å². The van der Waals surface area contributed by atoms with E-state index in [1.807, 2.05) is 24.4 Å². The Hall–Kier alpha value is -2.58. The smallest absolute Gasteiger partial charge is 0.239 e. The highest BCUT2D eigenvalue weighted by molar-refractivity contribution is 7.13. The van der Waals surface area contributed by atoms with E-state index in [0.29, 0.717) is 35.7 Å². The van der Waals surface area contributed by atoms with Crippen molar-refractivity contribution in [2.24, 2.45) is 0 Å². The van der Waals surface area contributed by atoms with Crippen LogP contribution < -0.4 is 5.32 Å². The summed E-state index contributed by atoms with van der Waals surface area (Å²) in [6, 6.07) is 5.88. The van der Waals surface area contributed by atoms with Gasteiger partial charge in [-0.25, -0.2) is 15.0 Å². The lowest BCUT2D eigenvalue weighted by atomic mass is 10.0. The molecule has 146 valence electrons. The molecule has 4 rings (SSSR count). The highest BCUT2D eigenvalue weighted by atomic mass is 32.1. The topological polar surface area (TPSA) is 84.2 Å². The van der Waals surface area contributed by atoms with E-state index < -0.39 is 0 Å². The van der Waals surface area contributed by atoms with Crippen molar-refractivity contribution in [3.8, 4) is 22.3 Å². The first-order chi connectivity index (χ1) is 13.6. The zero-order valence-corrected chi connectivity index (χ0v) is 16.8. The number of amides is 1. The number of piperidine rings is 1. The number of hydrogen-bond donors (Lipinski definition) is 1. The Kier molecular flexibility index (Phi) is 5.50. The van der Waals surface area contributed by atoms with Crippen LogP contribution >= 0.6 is 11.3 Å². The number of nitrogens with one attached hydrogen (secondary N) is 1. The predicted molar refractivity (Wildman–Crippen MR) is 109 cm³/mol. The predicted octanol–water partition coefficient (Wildman–Crippen LogP) is 3.98. The molecule has 1 N–H and O–H groups in total. The average Bonchev–Trinajstić information content (AvgIpc) is 3.35. The number of hydrogen-bond acceptors (Lipinski definition) is 7. The van der Waals surface area contributed by atoms with Gasteiger partial charge in [0.2, 0.25) is 5.91 Å². The van der Waals surface area contributed by atoms with Crippen LogP contribution in [0, 0.1) is 6.92 Å². The minimum Gasteiger partial charge on any atom is -0.458 e. The normalized spacial score (nSPS) is 17.6. The van der Waals surface area contributed by atoms with E-state index in [9.17, 15) is 4.79 Å². The van der Waals surface area contributed by atoms with Crippen LogP contribution in [0.3, 0.4) is 0 Å². The molecule has 3 aromatic heterocycles. The Morgan fingerprint density at radius 2 is 2.25 bits per heavy atom. The number of nitrogens with zero attached hydrogens (tertiary/aromatic N) is 4. The lowest BCUT2D eigenvalue weighted by molar-refractivity contribution is -0.118. The summed E-state index contributed by atoms with van der Waals surface area (Å²) >= 11 is 1.49.